The molecule has 11 heteroatoms. The first-order chi connectivity index (χ1) is 14.1. The van der Waals surface area contributed by atoms with Gasteiger partial charge < -0.3 is 15.7 Å². The van der Waals surface area contributed by atoms with Gasteiger partial charge in [-0.25, -0.2) is 9.78 Å². The first kappa shape index (κ1) is 23.3. The molecule has 1 amide bonds. The number of nitrogens with two attached hydrogens (primary N) is 1. The Morgan fingerprint density at radius 3 is 2.20 bits per heavy atom. The minimum Gasteiger partial charge on any atom is -0.475 e. The molecule has 1 aromatic carbocycles. The normalized spacial score (nSPS) is 18.8. The summed E-state index contributed by atoms with van der Waals surface area (Å²) in [5, 5.41) is 13.8. The van der Waals surface area contributed by atoms with Crippen molar-refractivity contribution in [3.8, 4) is 11.4 Å². The van der Waals surface area contributed by atoms with Crippen LogP contribution in [-0.2, 0) is 4.79 Å². The van der Waals surface area contributed by atoms with Crippen LogP contribution < -0.4 is 5.73 Å². The predicted octanol–water partition coefficient (Wildman–Crippen LogP) is 2.84. The molecule has 0 aliphatic heterocycles. The van der Waals surface area contributed by atoms with Gasteiger partial charge in [-0.1, -0.05) is 12.1 Å². The second kappa shape index (κ2) is 10.2. The van der Waals surface area contributed by atoms with Gasteiger partial charge in [-0.05, 0) is 44.7 Å². The van der Waals surface area contributed by atoms with Crippen LogP contribution in [0.3, 0.4) is 0 Å². The van der Waals surface area contributed by atoms with Crippen LogP contribution >= 0.6 is 0 Å². The quantitative estimate of drug-likeness (QED) is 0.689. The lowest BCUT2D eigenvalue weighted by molar-refractivity contribution is -0.192. The summed E-state index contributed by atoms with van der Waals surface area (Å²) in [4.78, 5) is 27.8. The molecule has 8 nitrogen and oxygen atoms in total. The van der Waals surface area contributed by atoms with Gasteiger partial charge in [-0.2, -0.15) is 18.3 Å². The van der Waals surface area contributed by atoms with Crippen molar-refractivity contribution in [1.29, 1.82) is 0 Å². The molecule has 1 heterocycles. The predicted molar refractivity (Wildman–Crippen MR) is 102 cm³/mol. The highest BCUT2D eigenvalue weighted by Gasteiger charge is 2.38. The Bertz CT molecular complexity index is 817. The molecular weight excluding hydrogens is 403 g/mol. The minimum atomic E-state index is -5.08. The molecule has 1 aliphatic carbocycles. The third-order valence-electron chi connectivity index (χ3n) is 4.85. The van der Waals surface area contributed by atoms with Crippen LogP contribution in [-0.4, -0.2) is 61.9 Å². The molecule has 4 N–H and O–H groups in total. The number of rotatable bonds is 4. The summed E-state index contributed by atoms with van der Waals surface area (Å²) in [5.74, 6) is -1.96. The summed E-state index contributed by atoms with van der Waals surface area (Å²) >= 11 is 0. The molecule has 1 aliphatic rings. The molecule has 1 saturated carbocycles. The summed E-state index contributed by atoms with van der Waals surface area (Å²) in [6.45, 7) is 2.76. The lowest BCUT2D eigenvalue weighted by Crippen LogP contribution is -2.44. The Kier molecular flexibility index (Phi) is 7.93. The number of H-pyrrole nitrogens is 1. The van der Waals surface area contributed by atoms with Crippen molar-refractivity contribution in [2.75, 3.05) is 6.54 Å². The Labute approximate surface area is 171 Å². The first-order valence-electron chi connectivity index (χ1n) is 9.46. The molecular formula is C19H24F3N5O3. The van der Waals surface area contributed by atoms with Crippen LogP contribution in [0.5, 0.6) is 0 Å². The van der Waals surface area contributed by atoms with Gasteiger partial charge in [-0.3, -0.25) is 9.89 Å². The largest absolute Gasteiger partial charge is 0.490 e. The number of aromatic amines is 1. The smallest absolute Gasteiger partial charge is 0.475 e. The van der Waals surface area contributed by atoms with Crippen LogP contribution in [0.1, 0.15) is 43.0 Å². The van der Waals surface area contributed by atoms with Gasteiger partial charge >= 0.3 is 12.1 Å². The number of halogens is 3. The summed E-state index contributed by atoms with van der Waals surface area (Å²) in [6, 6.07) is 8.12. The maximum absolute atomic E-state index is 12.8. The standard InChI is InChI=1S/C17H23N5O.C2HF3O2/c1-2-22(15-9-7-14(18)8-10-15)17(23)13-5-3-12(4-6-13)16-19-11-20-21-16;3-2(4,5)1(6)7/h3-6,11,14-15H,2,7-10,18H2,1H3,(H,19,20,21);(H,6,7). The third kappa shape index (κ3) is 6.28. The van der Waals surface area contributed by atoms with E-state index in [4.69, 9.17) is 15.6 Å². The zero-order chi connectivity index (χ0) is 22.3. The van der Waals surface area contributed by atoms with Gasteiger partial charge in [0.25, 0.3) is 5.91 Å². The lowest BCUT2D eigenvalue weighted by Gasteiger charge is -2.35. The highest BCUT2D eigenvalue weighted by molar-refractivity contribution is 5.94. The van der Waals surface area contributed by atoms with Crippen LogP contribution in [0, 0.1) is 0 Å². The first-order valence-corrected chi connectivity index (χ1v) is 9.46. The van der Waals surface area contributed by atoms with Gasteiger partial charge in [0.1, 0.15) is 6.33 Å². The fourth-order valence-corrected chi connectivity index (χ4v) is 3.26. The average molecular weight is 427 g/mol. The number of hydrogen-bond acceptors (Lipinski definition) is 5. The molecule has 2 aromatic rings. The van der Waals surface area contributed by atoms with Gasteiger partial charge in [0.15, 0.2) is 5.82 Å². The van der Waals surface area contributed by atoms with Crippen molar-refractivity contribution in [3.63, 3.8) is 0 Å². The van der Waals surface area contributed by atoms with Crippen molar-refractivity contribution < 1.29 is 27.9 Å². The van der Waals surface area contributed by atoms with E-state index in [2.05, 4.69) is 15.2 Å². The number of nitrogens with zero attached hydrogens (tertiary/aromatic N) is 3. The summed E-state index contributed by atoms with van der Waals surface area (Å²) in [5.41, 5.74) is 7.61. The zero-order valence-corrected chi connectivity index (χ0v) is 16.4. The number of carbonyl (C=O) groups is 2. The molecule has 0 spiro atoms. The molecule has 164 valence electrons. The van der Waals surface area contributed by atoms with Crippen LogP contribution in [0.4, 0.5) is 13.2 Å². The SMILES string of the molecule is CCN(C(=O)c1ccc(-c2ncn[nH]2)cc1)C1CCC(N)CC1.O=C(O)C(F)(F)F. The van der Waals surface area contributed by atoms with Gasteiger partial charge in [0.05, 0.1) is 0 Å². The van der Waals surface area contributed by atoms with E-state index in [0.29, 0.717) is 23.5 Å². The number of carboxylic acids is 1. The number of aliphatic carboxylic acids is 1. The zero-order valence-electron chi connectivity index (χ0n) is 16.4. The van der Waals surface area contributed by atoms with E-state index in [9.17, 15) is 18.0 Å². The second-order valence-electron chi connectivity index (χ2n) is 6.87. The minimum absolute atomic E-state index is 0.0945. The van der Waals surface area contributed by atoms with E-state index in [-0.39, 0.29) is 5.91 Å². The molecule has 1 aromatic heterocycles. The van der Waals surface area contributed by atoms with Crippen LogP contribution in [0.2, 0.25) is 0 Å². The molecule has 0 atom stereocenters. The Morgan fingerprint density at radius 2 is 1.77 bits per heavy atom. The number of amides is 1. The van der Waals surface area contributed by atoms with E-state index in [1.807, 2.05) is 36.1 Å². The fraction of sp³-hybridized carbons (Fsp3) is 0.474. The molecule has 0 unspecified atom stereocenters. The topological polar surface area (TPSA) is 125 Å². The number of carboxylic acid groups (broad SMARTS) is 1. The number of aromatic nitrogens is 3. The Hall–Kier alpha value is -2.95. The maximum atomic E-state index is 12.8. The highest BCUT2D eigenvalue weighted by Crippen LogP contribution is 2.24. The number of alkyl halides is 3. The number of nitrogens with one attached hydrogen (secondary N) is 1. The molecule has 3 rings (SSSR count). The van der Waals surface area contributed by atoms with E-state index < -0.39 is 12.1 Å². The molecule has 0 radical (unpaired) electrons. The van der Waals surface area contributed by atoms with Crippen LogP contribution in [0.25, 0.3) is 11.4 Å². The van der Waals surface area contributed by atoms with E-state index in [1.54, 1.807) is 0 Å². The van der Waals surface area contributed by atoms with Gasteiger partial charge in [0.2, 0.25) is 0 Å². The Morgan fingerprint density at radius 1 is 1.20 bits per heavy atom. The highest BCUT2D eigenvalue weighted by atomic mass is 19.4. The van der Waals surface area contributed by atoms with E-state index in [0.717, 1.165) is 37.8 Å². The van der Waals surface area contributed by atoms with Crippen LogP contribution in [0.15, 0.2) is 30.6 Å². The van der Waals surface area contributed by atoms with Crippen molar-refractivity contribution in [2.24, 2.45) is 5.73 Å². The molecule has 0 bridgehead atoms. The monoisotopic (exact) mass is 427 g/mol. The molecule has 0 saturated heterocycles. The van der Waals surface area contributed by atoms with E-state index in [1.165, 1.54) is 6.33 Å². The summed E-state index contributed by atoms with van der Waals surface area (Å²) < 4.78 is 31.7. The van der Waals surface area contributed by atoms with Crippen molar-refractivity contribution in [2.45, 2.75) is 50.9 Å². The van der Waals surface area contributed by atoms with Crippen molar-refractivity contribution in [3.05, 3.63) is 36.2 Å². The Balaban J connectivity index is 0.000000396. The summed E-state index contributed by atoms with van der Waals surface area (Å²) in [7, 11) is 0. The second-order valence-corrected chi connectivity index (χ2v) is 6.87. The van der Waals surface area contributed by atoms with Crippen molar-refractivity contribution in [1.82, 2.24) is 20.1 Å². The molecule has 1 fully saturated rings. The number of carbonyl (C=O) groups excluding carboxylic acids is 1. The third-order valence-corrected chi connectivity index (χ3v) is 4.85. The van der Waals surface area contributed by atoms with Crippen molar-refractivity contribution >= 4 is 11.9 Å². The fourth-order valence-electron chi connectivity index (χ4n) is 3.26. The average Bonchev–Trinajstić information content (AvgIpc) is 3.24. The molecule has 30 heavy (non-hydrogen) atoms. The number of benzene rings is 1. The maximum Gasteiger partial charge on any atom is 0.490 e. The van der Waals surface area contributed by atoms with E-state index >= 15 is 0 Å². The number of hydrogen-bond donors (Lipinski definition) is 3. The van der Waals surface area contributed by atoms with Gasteiger partial charge in [-0.15, -0.1) is 0 Å². The lowest BCUT2D eigenvalue weighted by atomic mass is 9.90. The summed E-state index contributed by atoms with van der Waals surface area (Å²) in [6.07, 6.45) is 0.381. The van der Waals surface area contributed by atoms with Gasteiger partial charge in [0, 0.05) is 29.8 Å².